The maximum Gasteiger partial charge on any atom is 0.282 e. The molecule has 8 nitrogen and oxygen atoms in total. The SMILES string of the molecule is CC(C)CC1CCCN1S(=O)(=O)N1CCNC[C@@H]1CCc1c(F)cncc1NC(=O)C[C@@H](c1ccc(F)cc1)c1cc(F)cc(F)c1. The second-order valence-electron chi connectivity index (χ2n) is 12.8. The van der Waals surface area contributed by atoms with E-state index in [0.29, 0.717) is 44.1 Å². The van der Waals surface area contributed by atoms with Gasteiger partial charge in [-0.2, -0.15) is 17.0 Å². The lowest BCUT2D eigenvalue weighted by molar-refractivity contribution is -0.116. The number of benzene rings is 2. The first-order valence-corrected chi connectivity index (χ1v) is 17.4. The molecule has 5 rings (SSSR count). The molecule has 2 aromatic carbocycles. The molecule has 2 N–H and O–H groups in total. The first-order valence-electron chi connectivity index (χ1n) is 16.1. The third-order valence-corrected chi connectivity index (χ3v) is 11.1. The number of anilines is 1. The number of carbonyl (C=O) groups excluding carboxylic acids is 1. The van der Waals surface area contributed by atoms with Crippen molar-refractivity contribution in [3.8, 4) is 0 Å². The Balaban J connectivity index is 1.33. The molecule has 0 bridgehead atoms. The molecule has 0 aliphatic carbocycles. The van der Waals surface area contributed by atoms with Crippen LogP contribution in [-0.2, 0) is 21.4 Å². The summed E-state index contributed by atoms with van der Waals surface area (Å²) in [5, 5.41) is 5.96. The van der Waals surface area contributed by atoms with Gasteiger partial charge in [-0.3, -0.25) is 9.78 Å². The third kappa shape index (κ3) is 8.56. The van der Waals surface area contributed by atoms with E-state index in [1.165, 1.54) is 34.8 Å². The molecule has 0 saturated carbocycles. The maximum atomic E-state index is 15.2. The van der Waals surface area contributed by atoms with Crippen LogP contribution < -0.4 is 10.6 Å². The van der Waals surface area contributed by atoms with Gasteiger partial charge in [-0.1, -0.05) is 26.0 Å². The molecule has 0 spiro atoms. The van der Waals surface area contributed by atoms with Crippen molar-refractivity contribution in [2.75, 3.05) is 31.5 Å². The Bertz CT molecular complexity index is 1640. The highest BCUT2D eigenvalue weighted by Gasteiger charge is 2.41. The molecular weight excluding hydrogens is 634 g/mol. The Hall–Kier alpha value is -3.39. The third-order valence-electron chi connectivity index (χ3n) is 8.91. The Kier molecular flexibility index (Phi) is 11.3. The Morgan fingerprint density at radius 2 is 1.66 bits per heavy atom. The van der Waals surface area contributed by atoms with Gasteiger partial charge in [0.2, 0.25) is 5.91 Å². The van der Waals surface area contributed by atoms with Gasteiger partial charge in [0.25, 0.3) is 10.2 Å². The molecule has 2 aliphatic rings. The Labute approximate surface area is 273 Å². The molecule has 13 heteroatoms. The van der Waals surface area contributed by atoms with Crippen LogP contribution in [0.15, 0.2) is 54.9 Å². The van der Waals surface area contributed by atoms with Crippen LogP contribution >= 0.6 is 0 Å². The molecule has 0 radical (unpaired) electrons. The lowest BCUT2D eigenvalue weighted by atomic mass is 9.88. The number of nitrogens with zero attached hydrogens (tertiary/aromatic N) is 3. The van der Waals surface area contributed by atoms with Gasteiger partial charge in [0.05, 0.1) is 18.1 Å². The first kappa shape index (κ1) is 34.9. The molecular formula is C34H41F4N5O3S. The van der Waals surface area contributed by atoms with E-state index in [0.717, 1.165) is 43.7 Å². The summed E-state index contributed by atoms with van der Waals surface area (Å²) in [4.78, 5) is 17.3. The molecule has 3 heterocycles. The summed E-state index contributed by atoms with van der Waals surface area (Å²) < 4.78 is 88.1. The zero-order valence-corrected chi connectivity index (χ0v) is 27.4. The highest BCUT2D eigenvalue weighted by Crippen LogP contribution is 2.32. The van der Waals surface area contributed by atoms with Crippen molar-refractivity contribution in [2.24, 2.45) is 5.92 Å². The van der Waals surface area contributed by atoms with Crippen molar-refractivity contribution in [1.29, 1.82) is 0 Å². The number of hydrogen-bond donors (Lipinski definition) is 2. The fraction of sp³-hybridized carbons (Fsp3) is 0.471. The summed E-state index contributed by atoms with van der Waals surface area (Å²) in [5.41, 5.74) is 0.934. The number of rotatable bonds is 12. The van der Waals surface area contributed by atoms with Gasteiger partial charge in [-0.05, 0) is 73.4 Å². The standard InChI is InChI=1S/C34H41F4N5O3S/c1-22(2)14-28-4-3-12-42(28)47(45,46)43-13-11-39-19-29(43)9-10-30-32(38)20-40-21-33(30)41-34(44)18-31(23-5-7-25(35)8-6-23)24-15-26(36)17-27(37)16-24/h5-8,15-17,20-22,28-29,31,39H,3-4,9-14,18-19H2,1-2H3,(H,41,44)/t28?,29-,31-/m0/s1. The van der Waals surface area contributed by atoms with E-state index in [1.807, 2.05) is 0 Å². The molecule has 1 aromatic heterocycles. The van der Waals surface area contributed by atoms with Crippen LogP contribution in [0.3, 0.4) is 0 Å². The number of pyridine rings is 1. The van der Waals surface area contributed by atoms with Gasteiger partial charge >= 0.3 is 0 Å². The first-order chi connectivity index (χ1) is 22.4. The van der Waals surface area contributed by atoms with Crippen molar-refractivity contribution in [2.45, 2.75) is 70.4 Å². The maximum absolute atomic E-state index is 15.2. The number of hydrogen-bond acceptors (Lipinski definition) is 5. The summed E-state index contributed by atoms with van der Waals surface area (Å²) in [6, 6.07) is 7.75. The minimum atomic E-state index is -3.75. The fourth-order valence-electron chi connectivity index (χ4n) is 6.74. The summed E-state index contributed by atoms with van der Waals surface area (Å²) in [6.07, 6.45) is 4.92. The van der Waals surface area contributed by atoms with Crippen molar-refractivity contribution >= 4 is 21.8 Å². The van der Waals surface area contributed by atoms with Crippen molar-refractivity contribution in [1.82, 2.24) is 18.9 Å². The minimum absolute atomic E-state index is 0.0439. The molecule has 47 heavy (non-hydrogen) atoms. The molecule has 1 unspecified atom stereocenters. The van der Waals surface area contributed by atoms with Crippen molar-refractivity contribution < 1.29 is 30.8 Å². The number of carbonyl (C=O) groups is 1. The van der Waals surface area contributed by atoms with E-state index < -0.39 is 51.3 Å². The van der Waals surface area contributed by atoms with Crippen LogP contribution in [0.1, 0.15) is 68.6 Å². The molecule has 2 saturated heterocycles. The van der Waals surface area contributed by atoms with Crippen LogP contribution in [0.25, 0.3) is 0 Å². The van der Waals surface area contributed by atoms with E-state index in [2.05, 4.69) is 29.5 Å². The largest absolute Gasteiger partial charge is 0.324 e. The molecule has 2 fully saturated rings. The van der Waals surface area contributed by atoms with E-state index in [4.69, 9.17) is 0 Å². The number of nitrogens with one attached hydrogen (secondary N) is 2. The normalized spacial score (nSPS) is 20.1. The van der Waals surface area contributed by atoms with Gasteiger partial charge in [-0.15, -0.1) is 0 Å². The predicted molar refractivity (Wildman–Crippen MR) is 172 cm³/mol. The van der Waals surface area contributed by atoms with Crippen LogP contribution in [0.2, 0.25) is 0 Å². The van der Waals surface area contributed by atoms with Gasteiger partial charge < -0.3 is 10.6 Å². The number of halogens is 4. The van der Waals surface area contributed by atoms with Crippen molar-refractivity contribution in [3.63, 3.8) is 0 Å². The Morgan fingerprint density at radius 3 is 2.36 bits per heavy atom. The van der Waals surface area contributed by atoms with E-state index in [-0.39, 0.29) is 35.7 Å². The van der Waals surface area contributed by atoms with Gasteiger partial charge in [0.1, 0.15) is 23.3 Å². The summed E-state index contributed by atoms with van der Waals surface area (Å²) in [5.74, 6) is -3.85. The molecule has 254 valence electrons. The van der Waals surface area contributed by atoms with Crippen LogP contribution in [0.5, 0.6) is 0 Å². The highest BCUT2D eigenvalue weighted by atomic mass is 32.2. The summed E-state index contributed by atoms with van der Waals surface area (Å²) in [6.45, 7) is 5.85. The van der Waals surface area contributed by atoms with E-state index >= 15 is 4.39 Å². The highest BCUT2D eigenvalue weighted by molar-refractivity contribution is 7.86. The zero-order chi connectivity index (χ0) is 33.7. The second-order valence-corrected chi connectivity index (χ2v) is 14.6. The lowest BCUT2D eigenvalue weighted by Gasteiger charge is -2.39. The molecule has 3 atom stereocenters. The second kappa shape index (κ2) is 15.2. The number of aromatic nitrogens is 1. The predicted octanol–water partition coefficient (Wildman–Crippen LogP) is 5.76. The minimum Gasteiger partial charge on any atom is -0.324 e. The number of piperazine rings is 1. The number of amides is 1. The van der Waals surface area contributed by atoms with Crippen LogP contribution in [0.4, 0.5) is 23.2 Å². The van der Waals surface area contributed by atoms with Crippen molar-refractivity contribution in [3.05, 3.63) is 94.8 Å². The smallest absolute Gasteiger partial charge is 0.282 e. The van der Waals surface area contributed by atoms with Gasteiger partial charge in [-0.25, -0.2) is 17.6 Å². The Morgan fingerprint density at radius 1 is 0.957 bits per heavy atom. The quantitative estimate of drug-likeness (QED) is 0.238. The average Bonchev–Trinajstić information content (AvgIpc) is 3.48. The lowest BCUT2D eigenvalue weighted by Crippen LogP contribution is -2.58. The van der Waals surface area contributed by atoms with E-state index in [9.17, 15) is 26.4 Å². The fourth-order valence-corrected chi connectivity index (χ4v) is 8.82. The van der Waals surface area contributed by atoms with Crippen LogP contribution in [-0.4, -0.2) is 66.2 Å². The molecule has 1 amide bonds. The topological polar surface area (TPSA) is 94.6 Å². The van der Waals surface area contributed by atoms with E-state index in [1.54, 1.807) is 4.31 Å². The zero-order valence-electron chi connectivity index (χ0n) is 26.6. The summed E-state index contributed by atoms with van der Waals surface area (Å²) >= 11 is 0. The van der Waals surface area contributed by atoms with Gasteiger partial charge in [0.15, 0.2) is 0 Å². The molecule has 2 aliphatic heterocycles. The van der Waals surface area contributed by atoms with Gasteiger partial charge in [0, 0.05) is 62.2 Å². The summed E-state index contributed by atoms with van der Waals surface area (Å²) in [7, 11) is -3.75. The molecule has 3 aromatic rings. The monoisotopic (exact) mass is 675 g/mol. The average molecular weight is 676 g/mol. The van der Waals surface area contributed by atoms with Crippen LogP contribution in [0, 0.1) is 29.2 Å².